The molecule has 0 aromatic heterocycles. The summed E-state index contributed by atoms with van der Waals surface area (Å²) in [5.41, 5.74) is 0. The van der Waals surface area contributed by atoms with Crippen LogP contribution < -0.4 is 0 Å². The van der Waals surface area contributed by atoms with Crippen molar-refractivity contribution >= 4 is 8.03 Å². The maximum atomic E-state index is 10.4. The molecule has 14 heavy (non-hydrogen) atoms. The van der Waals surface area contributed by atoms with Gasteiger partial charge in [0.15, 0.2) is 8.03 Å². The van der Waals surface area contributed by atoms with Crippen LogP contribution in [0.3, 0.4) is 0 Å². The number of hydrogen-bond donors (Lipinski definition) is 1. The molecule has 0 aliphatic rings. The zero-order valence-corrected chi connectivity index (χ0v) is 10.4. The van der Waals surface area contributed by atoms with Crippen molar-refractivity contribution in [3.63, 3.8) is 0 Å². The zero-order chi connectivity index (χ0) is 10.6. The van der Waals surface area contributed by atoms with Gasteiger partial charge in [0.25, 0.3) is 0 Å². The predicted octanol–water partition coefficient (Wildman–Crippen LogP) is 3.98. The number of unbranched alkanes of at least 4 members (excludes halogenated alkanes) is 8. The summed E-state index contributed by atoms with van der Waals surface area (Å²) in [7, 11) is -2.19. The summed E-state index contributed by atoms with van der Waals surface area (Å²) in [4.78, 5) is 8.60. The molecule has 0 fully saturated rings. The van der Waals surface area contributed by atoms with Crippen molar-refractivity contribution in [2.24, 2.45) is 0 Å². The van der Waals surface area contributed by atoms with Crippen molar-refractivity contribution in [2.45, 2.75) is 64.7 Å². The summed E-state index contributed by atoms with van der Waals surface area (Å²) in [6.45, 7) is 2.23. The van der Waals surface area contributed by atoms with Gasteiger partial charge in [-0.15, -0.1) is 0 Å². The minimum Gasteiger partial charge on any atom is -0.346 e. The Balaban J connectivity index is 2.88. The third-order valence-electron chi connectivity index (χ3n) is 2.49. The summed E-state index contributed by atoms with van der Waals surface area (Å²) in [5.74, 6) is 0. The van der Waals surface area contributed by atoms with Crippen LogP contribution in [0.25, 0.3) is 0 Å². The van der Waals surface area contributed by atoms with Gasteiger partial charge in [-0.05, 0) is 6.42 Å². The summed E-state index contributed by atoms with van der Waals surface area (Å²) < 4.78 is 10.4. The first-order chi connectivity index (χ1) is 6.77. The van der Waals surface area contributed by atoms with Gasteiger partial charge in [-0.1, -0.05) is 58.3 Å². The van der Waals surface area contributed by atoms with Crippen LogP contribution in [-0.4, -0.2) is 11.1 Å². The Bertz CT molecular complexity index is 137. The fraction of sp³-hybridized carbons (Fsp3) is 1.00. The molecule has 0 amide bonds. The Morgan fingerprint density at radius 1 is 0.857 bits per heavy atom. The minimum atomic E-state index is -2.19. The average Bonchev–Trinajstić information content (AvgIpc) is 2.15. The van der Waals surface area contributed by atoms with Crippen molar-refractivity contribution in [3.8, 4) is 0 Å². The van der Waals surface area contributed by atoms with Gasteiger partial charge >= 0.3 is 0 Å². The van der Waals surface area contributed by atoms with Crippen molar-refractivity contribution in [1.82, 2.24) is 0 Å². The lowest BCUT2D eigenvalue weighted by atomic mass is 10.1. The first kappa shape index (κ1) is 14.2. The highest BCUT2D eigenvalue weighted by molar-refractivity contribution is 7.37. The molecule has 0 saturated heterocycles. The Morgan fingerprint density at radius 2 is 1.29 bits per heavy atom. The van der Waals surface area contributed by atoms with Crippen LogP contribution in [0.15, 0.2) is 0 Å². The average molecular weight is 220 g/mol. The van der Waals surface area contributed by atoms with Crippen LogP contribution >= 0.6 is 8.03 Å². The fourth-order valence-corrected chi connectivity index (χ4v) is 2.14. The smallest absolute Gasteiger partial charge is 0.189 e. The van der Waals surface area contributed by atoms with Crippen molar-refractivity contribution in [1.29, 1.82) is 0 Å². The molecule has 2 nitrogen and oxygen atoms in total. The Morgan fingerprint density at radius 3 is 1.71 bits per heavy atom. The quantitative estimate of drug-likeness (QED) is 0.446. The fourth-order valence-electron chi connectivity index (χ4n) is 1.59. The van der Waals surface area contributed by atoms with Gasteiger partial charge in [0.2, 0.25) is 0 Å². The van der Waals surface area contributed by atoms with E-state index in [1.54, 1.807) is 0 Å². The van der Waals surface area contributed by atoms with E-state index < -0.39 is 8.03 Å². The van der Waals surface area contributed by atoms with Gasteiger partial charge in [-0.25, -0.2) is 0 Å². The number of hydrogen-bond acceptors (Lipinski definition) is 1. The maximum absolute atomic E-state index is 10.4. The van der Waals surface area contributed by atoms with Gasteiger partial charge in [-0.2, -0.15) is 0 Å². The van der Waals surface area contributed by atoms with Crippen molar-refractivity contribution in [2.75, 3.05) is 6.16 Å². The molecule has 0 aromatic carbocycles. The third kappa shape index (κ3) is 12.2. The van der Waals surface area contributed by atoms with E-state index in [1.807, 2.05) is 0 Å². The SMILES string of the molecule is CCCCCCCCCCC[PH](=O)O. The van der Waals surface area contributed by atoms with E-state index in [4.69, 9.17) is 4.89 Å². The van der Waals surface area contributed by atoms with Gasteiger partial charge in [-0.3, -0.25) is 4.57 Å². The summed E-state index contributed by atoms with van der Waals surface area (Å²) in [6, 6.07) is 0. The molecule has 0 heterocycles. The molecule has 1 atom stereocenters. The second-order valence-corrected chi connectivity index (χ2v) is 5.26. The Labute approximate surface area is 89.0 Å². The summed E-state index contributed by atoms with van der Waals surface area (Å²) in [5, 5.41) is 0. The molecule has 0 saturated carbocycles. The molecular formula is C11H25O2P. The molecule has 3 heteroatoms. The van der Waals surface area contributed by atoms with E-state index in [2.05, 4.69) is 6.92 Å². The molecule has 1 N–H and O–H groups in total. The van der Waals surface area contributed by atoms with Gasteiger partial charge in [0.05, 0.1) is 0 Å². The van der Waals surface area contributed by atoms with E-state index in [0.717, 1.165) is 12.8 Å². The lowest BCUT2D eigenvalue weighted by Gasteiger charge is -2.00. The highest BCUT2D eigenvalue weighted by Crippen LogP contribution is 2.17. The Hall–Kier alpha value is 0.190. The molecule has 0 aliphatic heterocycles. The lowest BCUT2D eigenvalue weighted by Crippen LogP contribution is -1.82. The molecular weight excluding hydrogens is 195 g/mol. The second-order valence-electron chi connectivity index (χ2n) is 3.97. The van der Waals surface area contributed by atoms with E-state index >= 15 is 0 Å². The van der Waals surface area contributed by atoms with Crippen LogP contribution in [0.2, 0.25) is 0 Å². The maximum Gasteiger partial charge on any atom is 0.189 e. The molecule has 0 rings (SSSR count). The normalized spacial score (nSPS) is 13.0. The largest absolute Gasteiger partial charge is 0.346 e. The Kier molecular flexibility index (Phi) is 11.4. The molecule has 0 bridgehead atoms. The molecule has 0 radical (unpaired) electrons. The van der Waals surface area contributed by atoms with Gasteiger partial charge < -0.3 is 4.89 Å². The van der Waals surface area contributed by atoms with Crippen LogP contribution in [0.5, 0.6) is 0 Å². The monoisotopic (exact) mass is 220 g/mol. The number of rotatable bonds is 10. The van der Waals surface area contributed by atoms with E-state index in [0.29, 0.717) is 6.16 Å². The predicted molar refractivity (Wildman–Crippen MR) is 63.3 cm³/mol. The second kappa shape index (κ2) is 11.3. The molecule has 0 spiro atoms. The van der Waals surface area contributed by atoms with Crippen molar-refractivity contribution in [3.05, 3.63) is 0 Å². The molecule has 1 unspecified atom stereocenters. The highest BCUT2D eigenvalue weighted by Gasteiger charge is 1.94. The first-order valence-electron chi connectivity index (χ1n) is 5.99. The van der Waals surface area contributed by atoms with Crippen LogP contribution in [0.1, 0.15) is 64.7 Å². The van der Waals surface area contributed by atoms with E-state index in [-0.39, 0.29) is 0 Å². The van der Waals surface area contributed by atoms with Crippen molar-refractivity contribution < 1.29 is 9.46 Å². The van der Waals surface area contributed by atoms with Crippen LogP contribution in [-0.2, 0) is 4.57 Å². The van der Waals surface area contributed by atoms with Crippen LogP contribution in [0.4, 0.5) is 0 Å². The molecule has 0 aliphatic carbocycles. The van der Waals surface area contributed by atoms with Gasteiger partial charge in [0.1, 0.15) is 0 Å². The van der Waals surface area contributed by atoms with Crippen LogP contribution in [0, 0.1) is 0 Å². The summed E-state index contributed by atoms with van der Waals surface area (Å²) in [6.07, 6.45) is 11.9. The molecule has 0 aromatic rings. The third-order valence-corrected chi connectivity index (χ3v) is 3.28. The topological polar surface area (TPSA) is 37.3 Å². The summed E-state index contributed by atoms with van der Waals surface area (Å²) >= 11 is 0. The van der Waals surface area contributed by atoms with Gasteiger partial charge in [0, 0.05) is 6.16 Å². The minimum absolute atomic E-state index is 0.528. The first-order valence-corrected chi connectivity index (χ1v) is 7.55. The lowest BCUT2D eigenvalue weighted by molar-refractivity contribution is 0.498. The van der Waals surface area contributed by atoms with E-state index in [1.165, 1.54) is 44.9 Å². The highest BCUT2D eigenvalue weighted by atomic mass is 31.1. The zero-order valence-electron chi connectivity index (χ0n) is 9.43. The molecule has 86 valence electrons. The standard InChI is InChI=1S/C11H25O2P/c1-2-3-4-5-6-7-8-9-10-11-14(12)13/h14H,2-11H2,1H3,(H,12,13). The van der Waals surface area contributed by atoms with E-state index in [9.17, 15) is 4.57 Å².